The van der Waals surface area contributed by atoms with Gasteiger partial charge >= 0.3 is 6.03 Å². The lowest BCUT2D eigenvalue weighted by atomic mass is 10.3. The zero-order valence-corrected chi connectivity index (χ0v) is 14.9. The number of carbonyl (C=O) groups is 1. The van der Waals surface area contributed by atoms with Gasteiger partial charge in [-0.1, -0.05) is 15.9 Å². The van der Waals surface area contributed by atoms with E-state index in [1.807, 2.05) is 18.2 Å². The van der Waals surface area contributed by atoms with Crippen LogP contribution in [0.15, 0.2) is 27.1 Å². The van der Waals surface area contributed by atoms with Crippen LogP contribution in [0, 0.1) is 0 Å². The summed E-state index contributed by atoms with van der Waals surface area (Å²) in [5.74, 6) is 0. The monoisotopic (exact) mass is 419 g/mol. The summed E-state index contributed by atoms with van der Waals surface area (Å²) >= 11 is 6.80. The molecule has 1 heterocycles. The van der Waals surface area contributed by atoms with Crippen molar-refractivity contribution in [2.75, 3.05) is 44.7 Å². The molecule has 0 atom stereocenters. The Bertz CT molecular complexity index is 479. The van der Waals surface area contributed by atoms with E-state index < -0.39 is 0 Å². The third kappa shape index (κ3) is 5.94. The number of rotatable bonds is 5. The van der Waals surface area contributed by atoms with E-state index in [9.17, 15) is 4.79 Å². The Balaban J connectivity index is 1.65. The van der Waals surface area contributed by atoms with Crippen LogP contribution in [-0.2, 0) is 4.74 Å². The number of urea groups is 1. The minimum absolute atomic E-state index is 0.181. The summed E-state index contributed by atoms with van der Waals surface area (Å²) in [6.07, 6.45) is 0.939. The zero-order valence-electron chi connectivity index (χ0n) is 11.7. The van der Waals surface area contributed by atoms with Crippen LogP contribution >= 0.6 is 31.9 Å². The molecule has 2 amide bonds. The highest BCUT2D eigenvalue weighted by molar-refractivity contribution is 9.11. The average Bonchev–Trinajstić information content (AvgIpc) is 2.48. The molecule has 2 N–H and O–H groups in total. The standard InChI is InChI=1S/C14H19Br2N3O2/c15-11-2-3-13(12(16)10-11)18-14(20)17-4-1-5-19-6-8-21-9-7-19/h2-3,10H,1,4-9H2,(H2,17,18,20). The Labute approximate surface area is 141 Å². The van der Waals surface area contributed by atoms with Crippen LogP contribution < -0.4 is 10.6 Å². The summed E-state index contributed by atoms with van der Waals surface area (Å²) in [5.41, 5.74) is 0.754. The first-order valence-electron chi connectivity index (χ1n) is 6.95. The van der Waals surface area contributed by atoms with E-state index in [0.717, 1.165) is 53.9 Å². The molecule has 1 aliphatic rings. The first-order chi connectivity index (χ1) is 10.1. The summed E-state index contributed by atoms with van der Waals surface area (Å²) in [5, 5.41) is 5.70. The van der Waals surface area contributed by atoms with Crippen LogP contribution in [0.3, 0.4) is 0 Å². The molecule has 1 saturated heterocycles. The highest BCUT2D eigenvalue weighted by Gasteiger charge is 2.10. The van der Waals surface area contributed by atoms with Crippen LogP contribution in [0.5, 0.6) is 0 Å². The first-order valence-corrected chi connectivity index (χ1v) is 8.54. The van der Waals surface area contributed by atoms with Crippen molar-refractivity contribution in [1.82, 2.24) is 10.2 Å². The summed E-state index contributed by atoms with van der Waals surface area (Å²) < 4.78 is 7.11. The molecule has 1 aliphatic heterocycles. The van der Waals surface area contributed by atoms with Crippen molar-refractivity contribution in [2.45, 2.75) is 6.42 Å². The molecule has 1 aromatic rings. The van der Waals surface area contributed by atoms with E-state index >= 15 is 0 Å². The SMILES string of the molecule is O=C(NCCCN1CCOCC1)Nc1ccc(Br)cc1Br. The molecule has 0 saturated carbocycles. The zero-order chi connectivity index (χ0) is 15.1. The maximum atomic E-state index is 11.8. The molecule has 116 valence electrons. The molecule has 0 unspecified atom stereocenters. The van der Waals surface area contributed by atoms with Gasteiger partial charge in [-0.15, -0.1) is 0 Å². The lowest BCUT2D eigenvalue weighted by Gasteiger charge is -2.26. The van der Waals surface area contributed by atoms with Crippen molar-refractivity contribution in [2.24, 2.45) is 0 Å². The van der Waals surface area contributed by atoms with Crippen LogP contribution in [0.25, 0.3) is 0 Å². The Kier molecular flexibility index (Phi) is 6.95. The van der Waals surface area contributed by atoms with Gasteiger partial charge in [0.15, 0.2) is 0 Å². The smallest absolute Gasteiger partial charge is 0.319 e. The molecule has 21 heavy (non-hydrogen) atoms. The molecule has 0 aliphatic carbocycles. The van der Waals surface area contributed by atoms with Crippen molar-refractivity contribution < 1.29 is 9.53 Å². The van der Waals surface area contributed by atoms with Crippen molar-refractivity contribution in [3.05, 3.63) is 27.1 Å². The number of hydrogen-bond acceptors (Lipinski definition) is 3. The number of morpholine rings is 1. The van der Waals surface area contributed by atoms with E-state index in [0.29, 0.717) is 6.54 Å². The molecule has 7 heteroatoms. The topological polar surface area (TPSA) is 53.6 Å². The molecule has 5 nitrogen and oxygen atoms in total. The Morgan fingerprint density at radius 3 is 2.76 bits per heavy atom. The van der Waals surface area contributed by atoms with E-state index in [-0.39, 0.29) is 6.03 Å². The highest BCUT2D eigenvalue weighted by atomic mass is 79.9. The second kappa shape index (κ2) is 8.73. The minimum atomic E-state index is -0.181. The quantitative estimate of drug-likeness (QED) is 0.719. The maximum Gasteiger partial charge on any atom is 0.319 e. The number of ether oxygens (including phenoxy) is 1. The van der Waals surface area contributed by atoms with E-state index in [1.54, 1.807) is 0 Å². The number of halogens is 2. The predicted molar refractivity (Wildman–Crippen MR) is 90.7 cm³/mol. The molecule has 0 aromatic heterocycles. The highest BCUT2D eigenvalue weighted by Crippen LogP contribution is 2.25. The molecule has 1 fully saturated rings. The lowest BCUT2D eigenvalue weighted by molar-refractivity contribution is 0.0375. The largest absolute Gasteiger partial charge is 0.379 e. The Morgan fingerprint density at radius 2 is 2.05 bits per heavy atom. The first kappa shape index (κ1) is 16.7. The van der Waals surface area contributed by atoms with E-state index in [1.165, 1.54) is 0 Å². The van der Waals surface area contributed by atoms with Crippen molar-refractivity contribution in [1.29, 1.82) is 0 Å². The average molecular weight is 421 g/mol. The van der Waals surface area contributed by atoms with Crippen LogP contribution in [0.1, 0.15) is 6.42 Å². The Hall–Kier alpha value is -0.630. The van der Waals surface area contributed by atoms with Gasteiger partial charge in [0.25, 0.3) is 0 Å². The summed E-state index contributed by atoms with van der Waals surface area (Å²) in [7, 11) is 0. The summed E-state index contributed by atoms with van der Waals surface area (Å²) in [4.78, 5) is 14.2. The molecule has 2 rings (SSSR count). The normalized spacial score (nSPS) is 15.7. The van der Waals surface area contributed by atoms with Gasteiger partial charge in [0.1, 0.15) is 0 Å². The predicted octanol–water partition coefficient (Wildman–Crippen LogP) is 3.06. The summed E-state index contributed by atoms with van der Waals surface area (Å²) in [6.45, 7) is 5.25. The number of nitrogens with zero attached hydrogens (tertiary/aromatic N) is 1. The number of nitrogens with one attached hydrogen (secondary N) is 2. The van der Waals surface area contributed by atoms with E-state index in [4.69, 9.17) is 4.74 Å². The van der Waals surface area contributed by atoms with Crippen molar-refractivity contribution in [3.63, 3.8) is 0 Å². The third-order valence-corrected chi connectivity index (χ3v) is 4.37. The van der Waals surface area contributed by atoms with Crippen LogP contribution in [0.4, 0.5) is 10.5 Å². The number of carbonyl (C=O) groups excluding carboxylic acids is 1. The molecule has 0 spiro atoms. The number of hydrogen-bond donors (Lipinski definition) is 2. The van der Waals surface area contributed by atoms with Gasteiger partial charge in [-0.05, 0) is 47.1 Å². The van der Waals surface area contributed by atoms with Crippen molar-refractivity contribution in [3.8, 4) is 0 Å². The van der Waals surface area contributed by atoms with Gasteiger partial charge in [-0.2, -0.15) is 0 Å². The second-order valence-corrected chi connectivity index (χ2v) is 6.58. The van der Waals surface area contributed by atoms with Gasteiger partial charge in [-0.25, -0.2) is 4.79 Å². The van der Waals surface area contributed by atoms with Gasteiger partial charge in [0.05, 0.1) is 18.9 Å². The molecule has 0 bridgehead atoms. The molecule has 1 aromatic carbocycles. The number of anilines is 1. The molecule has 0 radical (unpaired) electrons. The van der Waals surface area contributed by atoms with Crippen LogP contribution in [0.2, 0.25) is 0 Å². The fourth-order valence-corrected chi connectivity index (χ4v) is 3.23. The fourth-order valence-electron chi connectivity index (χ4n) is 2.09. The second-order valence-electron chi connectivity index (χ2n) is 4.81. The molecular formula is C14H19Br2N3O2. The van der Waals surface area contributed by atoms with Gasteiger partial charge in [0, 0.05) is 28.6 Å². The minimum Gasteiger partial charge on any atom is -0.379 e. The van der Waals surface area contributed by atoms with Gasteiger partial charge < -0.3 is 15.4 Å². The van der Waals surface area contributed by atoms with Gasteiger partial charge in [0.2, 0.25) is 0 Å². The third-order valence-electron chi connectivity index (χ3n) is 3.22. The van der Waals surface area contributed by atoms with Crippen molar-refractivity contribution >= 4 is 43.6 Å². The van der Waals surface area contributed by atoms with Crippen LogP contribution in [-0.4, -0.2) is 50.3 Å². The number of benzene rings is 1. The maximum absolute atomic E-state index is 11.8. The Morgan fingerprint density at radius 1 is 1.29 bits per heavy atom. The molecular weight excluding hydrogens is 402 g/mol. The van der Waals surface area contributed by atoms with E-state index in [2.05, 4.69) is 47.4 Å². The fraction of sp³-hybridized carbons (Fsp3) is 0.500. The lowest BCUT2D eigenvalue weighted by Crippen LogP contribution is -2.38. The number of amides is 2. The van der Waals surface area contributed by atoms with Gasteiger partial charge in [-0.3, -0.25) is 4.90 Å². The summed E-state index contributed by atoms with van der Waals surface area (Å²) in [6, 6.07) is 5.45.